The van der Waals surface area contributed by atoms with Gasteiger partial charge >= 0.3 is 0 Å². The molecular weight excluding hydrogens is 331 g/mol. The maximum Gasteiger partial charge on any atom is 0.254 e. The first-order valence-electron chi connectivity index (χ1n) is 8.98. The normalized spacial score (nSPS) is 15.6. The van der Waals surface area contributed by atoms with Crippen molar-refractivity contribution in [3.8, 4) is 5.75 Å². The highest BCUT2D eigenvalue weighted by atomic mass is 19.1. The summed E-state index contributed by atoms with van der Waals surface area (Å²) >= 11 is 0. The lowest BCUT2D eigenvalue weighted by Gasteiger charge is -2.22. The van der Waals surface area contributed by atoms with E-state index in [2.05, 4.69) is 4.90 Å². The molecule has 3 rings (SSSR count). The van der Waals surface area contributed by atoms with E-state index in [4.69, 9.17) is 4.74 Å². The van der Waals surface area contributed by atoms with Crippen LogP contribution in [0.2, 0.25) is 0 Å². The Labute approximate surface area is 154 Å². The predicted molar refractivity (Wildman–Crippen MR) is 99.9 cm³/mol. The maximum atomic E-state index is 13.9. The summed E-state index contributed by atoms with van der Waals surface area (Å²) in [6, 6.07) is 12.4. The van der Waals surface area contributed by atoms with E-state index in [-0.39, 0.29) is 11.7 Å². The highest BCUT2D eigenvalue weighted by Gasteiger charge is 2.21. The van der Waals surface area contributed by atoms with E-state index in [1.807, 2.05) is 36.1 Å². The zero-order chi connectivity index (χ0) is 18.5. The van der Waals surface area contributed by atoms with Crippen LogP contribution < -0.4 is 4.74 Å². The van der Waals surface area contributed by atoms with Crippen LogP contribution in [0.15, 0.2) is 42.5 Å². The second kappa shape index (κ2) is 8.32. The molecule has 0 aliphatic carbocycles. The van der Waals surface area contributed by atoms with Gasteiger partial charge in [-0.25, -0.2) is 4.39 Å². The number of hydrogen-bond acceptors (Lipinski definition) is 3. The SMILES string of the molecule is COc1cc(C(=O)N2CCCN(Cc3ccccc3F)CC2)ccc1C. The molecule has 0 spiro atoms. The minimum Gasteiger partial charge on any atom is -0.496 e. The fraction of sp³-hybridized carbons (Fsp3) is 0.381. The van der Waals surface area contributed by atoms with Crippen molar-refractivity contribution in [2.75, 3.05) is 33.3 Å². The van der Waals surface area contributed by atoms with Gasteiger partial charge in [-0.2, -0.15) is 0 Å². The molecule has 0 aromatic heterocycles. The number of amides is 1. The Kier molecular flexibility index (Phi) is 5.89. The first-order chi connectivity index (χ1) is 12.6. The van der Waals surface area contributed by atoms with E-state index in [1.165, 1.54) is 6.07 Å². The summed E-state index contributed by atoms with van der Waals surface area (Å²) in [6.45, 7) is 5.48. The Morgan fingerprint density at radius 2 is 1.92 bits per heavy atom. The van der Waals surface area contributed by atoms with Gasteiger partial charge in [0.25, 0.3) is 5.91 Å². The second-order valence-corrected chi connectivity index (χ2v) is 6.70. The van der Waals surface area contributed by atoms with Crippen LogP contribution in [0, 0.1) is 12.7 Å². The molecule has 1 amide bonds. The van der Waals surface area contributed by atoms with Crippen LogP contribution in [0.4, 0.5) is 4.39 Å². The van der Waals surface area contributed by atoms with Crippen molar-refractivity contribution >= 4 is 5.91 Å². The molecule has 0 saturated carbocycles. The van der Waals surface area contributed by atoms with Crippen LogP contribution in [-0.2, 0) is 6.54 Å². The van der Waals surface area contributed by atoms with Crippen molar-refractivity contribution in [1.82, 2.24) is 9.80 Å². The minimum atomic E-state index is -0.170. The third-order valence-corrected chi connectivity index (χ3v) is 4.88. The molecule has 138 valence electrons. The van der Waals surface area contributed by atoms with Crippen LogP contribution in [0.25, 0.3) is 0 Å². The molecule has 0 N–H and O–H groups in total. The highest BCUT2D eigenvalue weighted by molar-refractivity contribution is 5.94. The predicted octanol–water partition coefficient (Wildman–Crippen LogP) is 3.49. The van der Waals surface area contributed by atoms with Crippen LogP contribution in [0.5, 0.6) is 5.75 Å². The maximum absolute atomic E-state index is 13.9. The number of halogens is 1. The highest BCUT2D eigenvalue weighted by Crippen LogP contribution is 2.21. The molecule has 26 heavy (non-hydrogen) atoms. The van der Waals surface area contributed by atoms with E-state index < -0.39 is 0 Å². The van der Waals surface area contributed by atoms with Gasteiger partial charge in [0.05, 0.1) is 7.11 Å². The Morgan fingerprint density at radius 3 is 2.69 bits per heavy atom. The summed E-state index contributed by atoms with van der Waals surface area (Å²) in [5.74, 6) is 0.583. The molecular formula is C21H25FN2O2. The third-order valence-electron chi connectivity index (χ3n) is 4.88. The molecule has 4 nitrogen and oxygen atoms in total. The number of methoxy groups -OCH3 is 1. The fourth-order valence-corrected chi connectivity index (χ4v) is 3.34. The van der Waals surface area contributed by atoms with Gasteiger partial charge in [-0.1, -0.05) is 24.3 Å². The van der Waals surface area contributed by atoms with Crippen molar-refractivity contribution < 1.29 is 13.9 Å². The second-order valence-electron chi connectivity index (χ2n) is 6.70. The van der Waals surface area contributed by atoms with Crippen molar-refractivity contribution in [3.05, 3.63) is 65.0 Å². The molecule has 0 unspecified atom stereocenters. The molecule has 1 saturated heterocycles. The Balaban J connectivity index is 1.65. The summed E-state index contributed by atoms with van der Waals surface area (Å²) in [5.41, 5.74) is 2.36. The lowest BCUT2D eigenvalue weighted by molar-refractivity contribution is 0.0760. The first kappa shape index (κ1) is 18.4. The summed E-state index contributed by atoms with van der Waals surface area (Å²) in [6.07, 6.45) is 0.878. The van der Waals surface area contributed by atoms with E-state index in [9.17, 15) is 9.18 Å². The lowest BCUT2D eigenvalue weighted by Crippen LogP contribution is -2.35. The number of aryl methyl sites for hydroxylation is 1. The number of ether oxygens (including phenoxy) is 1. The number of carbonyl (C=O) groups excluding carboxylic acids is 1. The van der Waals surface area contributed by atoms with Crippen molar-refractivity contribution in [3.63, 3.8) is 0 Å². The van der Waals surface area contributed by atoms with Crippen molar-refractivity contribution in [2.45, 2.75) is 19.9 Å². The summed E-state index contributed by atoms with van der Waals surface area (Å²) in [7, 11) is 1.61. The van der Waals surface area contributed by atoms with Gasteiger partial charge in [0.15, 0.2) is 0 Å². The number of carbonyl (C=O) groups is 1. The zero-order valence-electron chi connectivity index (χ0n) is 15.4. The average molecular weight is 356 g/mol. The molecule has 2 aromatic rings. The van der Waals surface area contributed by atoms with Crippen LogP contribution in [-0.4, -0.2) is 49.0 Å². The standard InChI is InChI=1S/C21H25FN2O2/c1-16-8-9-17(14-20(16)26-2)21(25)24-11-5-10-23(12-13-24)15-18-6-3-4-7-19(18)22/h3-4,6-9,14H,5,10-13,15H2,1-2H3. The molecule has 2 aromatic carbocycles. The van der Waals surface area contributed by atoms with Gasteiger partial charge in [0, 0.05) is 43.9 Å². The topological polar surface area (TPSA) is 32.8 Å². The smallest absolute Gasteiger partial charge is 0.254 e. The van der Waals surface area contributed by atoms with Crippen LogP contribution in [0.3, 0.4) is 0 Å². The number of rotatable bonds is 4. The van der Waals surface area contributed by atoms with E-state index >= 15 is 0 Å². The molecule has 1 heterocycles. The van der Waals surface area contributed by atoms with E-state index in [1.54, 1.807) is 19.2 Å². The Bertz CT molecular complexity index is 778. The molecule has 5 heteroatoms. The molecule has 0 bridgehead atoms. The van der Waals surface area contributed by atoms with Crippen LogP contribution in [0.1, 0.15) is 27.9 Å². The van der Waals surface area contributed by atoms with Crippen molar-refractivity contribution in [1.29, 1.82) is 0 Å². The molecule has 1 aliphatic heterocycles. The average Bonchev–Trinajstić information content (AvgIpc) is 2.89. The molecule has 1 aliphatic rings. The summed E-state index contributed by atoms with van der Waals surface area (Å²) < 4.78 is 19.2. The first-order valence-corrected chi connectivity index (χ1v) is 8.98. The van der Waals surface area contributed by atoms with Crippen molar-refractivity contribution in [2.24, 2.45) is 0 Å². The van der Waals surface area contributed by atoms with Gasteiger partial charge in [-0.15, -0.1) is 0 Å². The molecule has 1 fully saturated rings. The van der Waals surface area contributed by atoms with Crippen LogP contribution >= 0.6 is 0 Å². The fourth-order valence-electron chi connectivity index (χ4n) is 3.34. The van der Waals surface area contributed by atoms with Gasteiger partial charge < -0.3 is 9.64 Å². The summed E-state index contributed by atoms with van der Waals surface area (Å²) in [5, 5.41) is 0. The van der Waals surface area contributed by atoms with E-state index in [0.29, 0.717) is 30.8 Å². The van der Waals surface area contributed by atoms with E-state index in [0.717, 1.165) is 30.8 Å². The quantitative estimate of drug-likeness (QED) is 0.841. The van der Waals surface area contributed by atoms with Gasteiger partial charge in [0.1, 0.15) is 11.6 Å². The largest absolute Gasteiger partial charge is 0.496 e. The Hall–Kier alpha value is -2.40. The number of hydrogen-bond donors (Lipinski definition) is 0. The van der Waals surface area contributed by atoms with Gasteiger partial charge in [-0.3, -0.25) is 9.69 Å². The number of benzene rings is 2. The third kappa shape index (κ3) is 4.22. The zero-order valence-corrected chi connectivity index (χ0v) is 15.4. The Morgan fingerprint density at radius 1 is 1.12 bits per heavy atom. The van der Waals surface area contributed by atoms with Gasteiger partial charge in [-0.05, 0) is 37.1 Å². The monoisotopic (exact) mass is 356 g/mol. The molecule has 0 radical (unpaired) electrons. The minimum absolute atomic E-state index is 0.0241. The number of nitrogens with zero attached hydrogens (tertiary/aromatic N) is 2. The lowest BCUT2D eigenvalue weighted by atomic mass is 10.1. The molecule has 0 atom stereocenters. The summed E-state index contributed by atoms with van der Waals surface area (Å²) in [4.78, 5) is 16.9. The van der Waals surface area contributed by atoms with Gasteiger partial charge in [0.2, 0.25) is 0 Å².